The number of hydrogen-bond acceptors (Lipinski definition) is 6. The average Bonchev–Trinajstić information content (AvgIpc) is 1.72. The maximum atomic E-state index is 4.58. The first-order valence-electron chi connectivity index (χ1n) is 42.3. The van der Waals surface area contributed by atoms with E-state index in [2.05, 4.69) is 365 Å². The van der Waals surface area contributed by atoms with Gasteiger partial charge in [-0.15, -0.1) is 0 Å². The van der Waals surface area contributed by atoms with Crippen LogP contribution in [0.3, 0.4) is 0 Å². The molecule has 24 nitrogen and oxygen atoms in total. The van der Waals surface area contributed by atoms with Crippen molar-refractivity contribution in [2.75, 3.05) is 0 Å². The summed E-state index contributed by atoms with van der Waals surface area (Å²) in [5.74, 6) is 2.05. The molecular formula is C102H102N24. The Bertz CT molecular complexity index is 7620. The number of aromatic nitrogens is 24. The topological polar surface area (TPSA) is 161 Å². The SMILES string of the molecule is Cc1c2c(cn1C)nc1ccccn12.Cc1c2nc3ccccn3c2cn1C.Cc1cc2c(cn3ccccc23)n1C.Cc1cc2c(nc3ccccn32)n1C.Cc1cc2cc3ccccn3c2n1C.Cc1cc2nc3ccccn3c2n1C.Cc1cn2c3ccccc3nc2n1C.Cc1cn2cc3ccccc3c2n1C.Cc1nc2cc3ccccn3c2n1C. The molecule has 0 N–H and O–H groups in total. The third-order valence-electron chi connectivity index (χ3n) is 25.1. The molecule has 0 spiro atoms. The van der Waals surface area contributed by atoms with E-state index in [0.29, 0.717) is 0 Å². The second-order valence-electron chi connectivity index (χ2n) is 32.9. The molecule has 27 rings (SSSR count). The molecule has 0 fully saturated rings. The molecule has 27 aromatic rings. The minimum atomic E-state index is 1.00. The summed E-state index contributed by atoms with van der Waals surface area (Å²) in [7, 11) is 18.6. The number of benzene rings is 2. The van der Waals surface area contributed by atoms with E-state index >= 15 is 0 Å². The van der Waals surface area contributed by atoms with Crippen molar-refractivity contribution in [1.82, 2.24) is 111 Å². The maximum Gasteiger partial charge on any atom is 0.214 e. The molecule has 630 valence electrons. The molecule has 0 amide bonds. The number of para-hydroxylation sites is 2. The van der Waals surface area contributed by atoms with Crippen LogP contribution >= 0.6 is 0 Å². The van der Waals surface area contributed by atoms with Crippen LogP contribution in [0.4, 0.5) is 0 Å². The van der Waals surface area contributed by atoms with Crippen LogP contribution in [0, 0.1) is 62.3 Å². The van der Waals surface area contributed by atoms with Crippen LogP contribution in [0.5, 0.6) is 0 Å². The molecule has 25 heterocycles. The molecule has 0 saturated heterocycles. The molecule has 0 unspecified atom stereocenters. The van der Waals surface area contributed by atoms with Crippen LogP contribution in [0.15, 0.2) is 293 Å². The van der Waals surface area contributed by atoms with Gasteiger partial charge in [0.2, 0.25) is 5.78 Å². The Balaban J connectivity index is 0.0000000926. The minimum absolute atomic E-state index is 1.00. The highest BCUT2D eigenvalue weighted by molar-refractivity contribution is 5.98. The number of hydrogen-bond donors (Lipinski definition) is 0. The van der Waals surface area contributed by atoms with Crippen molar-refractivity contribution in [1.29, 1.82) is 0 Å². The van der Waals surface area contributed by atoms with Crippen LogP contribution in [0.2, 0.25) is 0 Å². The highest BCUT2D eigenvalue weighted by Gasteiger charge is 2.17. The summed E-state index contributed by atoms with van der Waals surface area (Å²) < 4.78 is 38.7. The fraction of sp³-hybridized carbons (Fsp3) is 0.176. The van der Waals surface area contributed by atoms with E-state index < -0.39 is 0 Å². The summed E-state index contributed by atoms with van der Waals surface area (Å²) in [6.45, 7) is 18.9. The second-order valence-corrected chi connectivity index (χ2v) is 32.9. The van der Waals surface area contributed by atoms with Gasteiger partial charge in [0.15, 0.2) is 5.65 Å². The van der Waals surface area contributed by atoms with E-state index in [1.54, 1.807) is 0 Å². The van der Waals surface area contributed by atoms with Crippen molar-refractivity contribution in [2.45, 2.75) is 62.3 Å². The summed E-state index contributed by atoms with van der Waals surface area (Å²) in [4.78, 5) is 27.3. The first-order valence-corrected chi connectivity index (χ1v) is 42.3. The smallest absolute Gasteiger partial charge is 0.214 e. The van der Waals surface area contributed by atoms with Gasteiger partial charge in [0, 0.05) is 222 Å². The zero-order valence-corrected chi connectivity index (χ0v) is 74.4. The number of imidazole rings is 8. The van der Waals surface area contributed by atoms with Crippen molar-refractivity contribution in [2.24, 2.45) is 63.4 Å². The number of aryl methyl sites for hydroxylation is 18. The van der Waals surface area contributed by atoms with E-state index in [1.807, 2.05) is 164 Å². The van der Waals surface area contributed by atoms with Crippen molar-refractivity contribution in [3.63, 3.8) is 0 Å². The fourth-order valence-corrected chi connectivity index (χ4v) is 17.4. The molecule has 0 atom stereocenters. The van der Waals surface area contributed by atoms with Crippen molar-refractivity contribution < 1.29 is 0 Å². The molecular weight excluding hydrogens is 1560 g/mol. The van der Waals surface area contributed by atoms with Gasteiger partial charge in [-0.2, -0.15) is 0 Å². The standard InChI is InChI=1S/3C12H12N2.6C11H11N3/c1-9-7-10-11-5-3-4-6-14(11)8-12(10)13(9)2;1-9-7-10-8-11-5-3-4-6-14(11)12(10)13(9)2;1-9-7-14-8-10-5-3-4-6-11(10)12(14)13(9)2;1-8-11-9(7-13(8)2)14-6-4-3-5-10(14)12-11;1-8-11-9(7-13(8)2)12-10-5-3-4-6-14(10)11;1-8-12-10-7-9-5-3-4-6-14(9)11(10)13(8)2;1-8-7-9-11(13(8)2)12-10-5-3-4-6-14(9)10;1-8-7-9-11(13(8)2)14-6-4-3-5-10(14)12-9;1-8-7-14-10-6-4-3-5-9(10)12-11(14)13(8)2/h3*3-8H,1-2H3;6*3-7H,1-2H3. The third-order valence-corrected chi connectivity index (χ3v) is 25.1. The lowest BCUT2D eigenvalue weighted by atomic mass is 10.2. The Kier molecular flexibility index (Phi) is 20.3. The Morgan fingerprint density at radius 2 is 0.770 bits per heavy atom. The largest absolute Gasteiger partial charge is 0.351 e. The van der Waals surface area contributed by atoms with Crippen LogP contribution in [0.1, 0.15) is 51.4 Å². The zero-order chi connectivity index (χ0) is 87.4. The Morgan fingerprint density at radius 3 is 1.51 bits per heavy atom. The number of nitrogens with zero attached hydrogens (tertiary/aromatic N) is 24. The van der Waals surface area contributed by atoms with Gasteiger partial charge in [-0.25, -0.2) is 29.9 Å². The summed E-state index contributed by atoms with van der Waals surface area (Å²) in [5.41, 5.74) is 35.1. The molecule has 2 aromatic carbocycles. The van der Waals surface area contributed by atoms with Gasteiger partial charge < -0.3 is 58.7 Å². The van der Waals surface area contributed by atoms with Crippen molar-refractivity contribution in [3.8, 4) is 0 Å². The molecule has 0 saturated carbocycles. The van der Waals surface area contributed by atoms with Crippen molar-refractivity contribution in [3.05, 3.63) is 344 Å². The normalized spacial score (nSPS) is 11.6. The van der Waals surface area contributed by atoms with E-state index in [4.69, 9.17) is 0 Å². The predicted octanol–water partition coefficient (Wildman–Crippen LogP) is 21.0. The lowest BCUT2D eigenvalue weighted by Gasteiger charge is -2.00. The average molecular weight is 1660 g/mol. The molecule has 0 radical (unpaired) electrons. The quantitative estimate of drug-likeness (QED) is 0.147. The van der Waals surface area contributed by atoms with E-state index in [1.165, 1.54) is 123 Å². The first-order chi connectivity index (χ1) is 60.9. The van der Waals surface area contributed by atoms with Gasteiger partial charge in [-0.3, -0.25) is 22.0 Å². The Hall–Kier alpha value is -15.7. The van der Waals surface area contributed by atoms with Gasteiger partial charge in [-0.1, -0.05) is 78.9 Å². The lowest BCUT2D eigenvalue weighted by molar-refractivity contribution is 0.865. The number of rotatable bonds is 0. The second kappa shape index (κ2) is 31.9. The van der Waals surface area contributed by atoms with Crippen LogP contribution in [-0.2, 0) is 63.4 Å². The predicted molar refractivity (Wildman–Crippen MR) is 514 cm³/mol. The third kappa shape index (κ3) is 13.9. The van der Waals surface area contributed by atoms with E-state index in [-0.39, 0.29) is 0 Å². The van der Waals surface area contributed by atoms with Crippen molar-refractivity contribution >= 4 is 150 Å². The molecule has 0 bridgehead atoms. The maximum absolute atomic E-state index is 4.58. The lowest BCUT2D eigenvalue weighted by Crippen LogP contribution is -1.94. The minimum Gasteiger partial charge on any atom is -0.351 e. The van der Waals surface area contributed by atoms with Crippen LogP contribution in [-0.4, -0.2) is 111 Å². The Morgan fingerprint density at radius 1 is 0.246 bits per heavy atom. The van der Waals surface area contributed by atoms with Gasteiger partial charge in [0.05, 0.1) is 38.6 Å². The van der Waals surface area contributed by atoms with E-state index in [9.17, 15) is 0 Å². The molecule has 25 aromatic heterocycles. The summed E-state index contributed by atoms with van der Waals surface area (Å²) in [6, 6.07) is 72.7. The van der Waals surface area contributed by atoms with Gasteiger partial charge >= 0.3 is 0 Å². The molecule has 126 heavy (non-hydrogen) atoms. The fourth-order valence-electron chi connectivity index (χ4n) is 17.4. The number of fused-ring (bicyclic) bond motifs is 27. The summed E-state index contributed by atoms with van der Waals surface area (Å²) in [5, 5.41) is 5.28. The summed E-state index contributed by atoms with van der Waals surface area (Å²) >= 11 is 0. The first kappa shape index (κ1) is 80.0. The van der Waals surface area contributed by atoms with E-state index in [0.717, 1.165) is 78.7 Å². The monoisotopic (exact) mass is 1660 g/mol. The highest BCUT2D eigenvalue weighted by atomic mass is 15.2. The molecule has 0 aliphatic heterocycles. The Labute approximate surface area is 726 Å². The molecule has 0 aliphatic carbocycles. The van der Waals surface area contributed by atoms with Gasteiger partial charge in [0.25, 0.3) is 0 Å². The van der Waals surface area contributed by atoms with Crippen LogP contribution < -0.4 is 0 Å². The van der Waals surface area contributed by atoms with Crippen LogP contribution in [0.25, 0.3) is 150 Å². The summed E-state index contributed by atoms with van der Waals surface area (Å²) in [6.07, 6.45) is 27.3. The number of pyridine rings is 7. The van der Waals surface area contributed by atoms with Gasteiger partial charge in [-0.05, 0) is 196 Å². The zero-order valence-electron chi connectivity index (χ0n) is 74.4. The van der Waals surface area contributed by atoms with Gasteiger partial charge in [0.1, 0.15) is 73.1 Å². The molecule has 0 aliphatic rings. The highest BCUT2D eigenvalue weighted by Crippen LogP contribution is 2.30. The molecule has 24 heteroatoms.